The lowest BCUT2D eigenvalue weighted by atomic mass is 10.0. The molecule has 4 heteroatoms. The molecule has 122 valence electrons. The summed E-state index contributed by atoms with van der Waals surface area (Å²) in [6, 6.07) is 5.65. The van der Waals surface area contributed by atoms with Crippen LogP contribution in [0, 0.1) is 0 Å². The van der Waals surface area contributed by atoms with E-state index in [9.17, 15) is 4.79 Å². The van der Waals surface area contributed by atoms with Gasteiger partial charge in [-0.2, -0.15) is 5.10 Å². The number of rotatable bonds is 6. The topological polar surface area (TPSA) is 44.1 Å². The molecule has 1 heterocycles. The Kier molecular flexibility index (Phi) is 4.75. The summed E-state index contributed by atoms with van der Waals surface area (Å²) < 4.78 is 7.07. The molecule has 0 N–H and O–H groups in total. The SMILES string of the molecule is C=CCn1nc(C(=O)CC2=CCC=CC=C2)c2ccc(OC)cc21. The molecule has 0 amide bonds. The lowest BCUT2D eigenvalue weighted by Crippen LogP contribution is -2.04. The summed E-state index contributed by atoms with van der Waals surface area (Å²) in [6.07, 6.45) is 13.0. The van der Waals surface area contributed by atoms with E-state index in [-0.39, 0.29) is 5.78 Å². The summed E-state index contributed by atoms with van der Waals surface area (Å²) in [7, 11) is 1.63. The number of ether oxygens (including phenoxy) is 1. The quantitative estimate of drug-likeness (QED) is 0.590. The number of ketones is 1. The van der Waals surface area contributed by atoms with Crippen molar-refractivity contribution < 1.29 is 9.53 Å². The average Bonchev–Trinajstić information content (AvgIpc) is 2.77. The van der Waals surface area contributed by atoms with Gasteiger partial charge in [0.1, 0.15) is 11.4 Å². The molecule has 2 aromatic rings. The number of Topliss-reactive ketones (excluding diaryl/α,β-unsaturated/α-hetero) is 1. The van der Waals surface area contributed by atoms with Crippen molar-refractivity contribution in [2.75, 3.05) is 7.11 Å². The molecule has 0 aliphatic heterocycles. The molecule has 0 unspecified atom stereocenters. The average molecular weight is 320 g/mol. The fourth-order valence-corrected chi connectivity index (χ4v) is 2.77. The predicted octanol–water partition coefficient (Wildman–Crippen LogP) is 4.25. The van der Waals surface area contributed by atoms with Crippen molar-refractivity contribution in [2.45, 2.75) is 19.4 Å². The van der Waals surface area contributed by atoms with Crippen LogP contribution in [0.2, 0.25) is 0 Å². The highest BCUT2D eigenvalue weighted by Gasteiger charge is 2.18. The number of allylic oxidation sites excluding steroid dienone is 7. The first-order valence-corrected chi connectivity index (χ1v) is 7.94. The maximum atomic E-state index is 12.8. The number of methoxy groups -OCH3 is 1. The van der Waals surface area contributed by atoms with Gasteiger partial charge in [-0.15, -0.1) is 6.58 Å². The smallest absolute Gasteiger partial charge is 0.188 e. The van der Waals surface area contributed by atoms with Crippen LogP contribution in [-0.4, -0.2) is 22.7 Å². The Bertz CT molecular complexity index is 869. The van der Waals surface area contributed by atoms with Crippen LogP contribution in [-0.2, 0) is 6.54 Å². The van der Waals surface area contributed by atoms with Gasteiger partial charge in [-0.25, -0.2) is 0 Å². The first kappa shape index (κ1) is 16.0. The first-order chi connectivity index (χ1) is 11.7. The molecule has 1 aromatic heterocycles. The van der Waals surface area contributed by atoms with Gasteiger partial charge in [0.25, 0.3) is 0 Å². The summed E-state index contributed by atoms with van der Waals surface area (Å²) in [6.45, 7) is 4.31. The van der Waals surface area contributed by atoms with Gasteiger partial charge in [0.05, 0.1) is 19.2 Å². The molecule has 1 aliphatic rings. The lowest BCUT2D eigenvalue weighted by molar-refractivity contribution is 0.0989. The van der Waals surface area contributed by atoms with Crippen LogP contribution in [0.1, 0.15) is 23.3 Å². The Morgan fingerprint density at radius 2 is 2.29 bits per heavy atom. The number of hydrogen-bond donors (Lipinski definition) is 0. The molecule has 0 saturated heterocycles. The Balaban J connectivity index is 1.97. The number of benzene rings is 1. The molecule has 0 radical (unpaired) electrons. The van der Waals surface area contributed by atoms with Gasteiger partial charge < -0.3 is 4.74 Å². The molecule has 3 rings (SSSR count). The maximum Gasteiger partial charge on any atom is 0.188 e. The van der Waals surface area contributed by atoms with Gasteiger partial charge in [-0.1, -0.05) is 36.5 Å². The molecule has 24 heavy (non-hydrogen) atoms. The molecule has 4 nitrogen and oxygen atoms in total. The molecular weight excluding hydrogens is 300 g/mol. The van der Waals surface area contributed by atoms with E-state index < -0.39 is 0 Å². The predicted molar refractivity (Wildman–Crippen MR) is 96.4 cm³/mol. The van der Waals surface area contributed by atoms with E-state index in [1.807, 2.05) is 36.4 Å². The third kappa shape index (κ3) is 3.23. The number of carbonyl (C=O) groups is 1. The van der Waals surface area contributed by atoms with Gasteiger partial charge in [-0.05, 0) is 24.1 Å². The van der Waals surface area contributed by atoms with Gasteiger partial charge in [0, 0.05) is 17.9 Å². The molecule has 0 saturated carbocycles. The molecular formula is C20H20N2O2. The van der Waals surface area contributed by atoms with E-state index in [1.165, 1.54) is 0 Å². The number of carbonyl (C=O) groups excluding carboxylic acids is 1. The van der Waals surface area contributed by atoms with E-state index in [4.69, 9.17) is 4.74 Å². The summed E-state index contributed by atoms with van der Waals surface area (Å²) >= 11 is 0. The zero-order valence-electron chi connectivity index (χ0n) is 13.7. The van der Waals surface area contributed by atoms with E-state index in [1.54, 1.807) is 17.9 Å². The Labute approximate surface area is 141 Å². The minimum Gasteiger partial charge on any atom is -0.497 e. The fourth-order valence-electron chi connectivity index (χ4n) is 2.77. The lowest BCUT2D eigenvalue weighted by Gasteiger charge is -2.02. The van der Waals surface area contributed by atoms with Crippen molar-refractivity contribution in [3.63, 3.8) is 0 Å². The summed E-state index contributed by atoms with van der Waals surface area (Å²) in [5.74, 6) is 0.762. The zero-order valence-corrected chi connectivity index (χ0v) is 13.7. The van der Waals surface area contributed by atoms with Crippen molar-refractivity contribution >= 4 is 16.7 Å². The number of hydrogen-bond acceptors (Lipinski definition) is 3. The van der Waals surface area contributed by atoms with Crippen LogP contribution < -0.4 is 4.74 Å². The molecule has 1 aromatic carbocycles. The third-order valence-electron chi connectivity index (χ3n) is 3.96. The Morgan fingerprint density at radius 3 is 3.08 bits per heavy atom. The minimum absolute atomic E-state index is 0.0192. The zero-order chi connectivity index (χ0) is 16.9. The standard InChI is InChI=1S/C20H20N2O2/c1-3-12-22-18-14-16(24-2)10-11-17(18)20(21-22)19(23)13-15-8-6-4-5-7-9-15/h3-6,8-11,14H,1,7,12-13H2,2H3. The summed E-state index contributed by atoms with van der Waals surface area (Å²) in [4.78, 5) is 12.8. The van der Waals surface area contributed by atoms with Crippen LogP contribution in [0.3, 0.4) is 0 Å². The Morgan fingerprint density at radius 1 is 1.42 bits per heavy atom. The number of aromatic nitrogens is 2. The van der Waals surface area contributed by atoms with Crippen LogP contribution in [0.15, 0.2) is 66.8 Å². The number of fused-ring (bicyclic) bond motifs is 1. The second-order valence-corrected chi connectivity index (χ2v) is 5.60. The van der Waals surface area contributed by atoms with E-state index in [2.05, 4.69) is 23.8 Å². The largest absolute Gasteiger partial charge is 0.497 e. The second kappa shape index (κ2) is 7.13. The van der Waals surface area contributed by atoms with E-state index >= 15 is 0 Å². The number of nitrogens with zero attached hydrogens (tertiary/aromatic N) is 2. The maximum absolute atomic E-state index is 12.8. The fraction of sp³-hybridized carbons (Fsp3) is 0.200. The Hall–Kier alpha value is -2.88. The van der Waals surface area contributed by atoms with Crippen molar-refractivity contribution in [3.8, 4) is 5.75 Å². The molecule has 1 aliphatic carbocycles. The van der Waals surface area contributed by atoms with Crippen LogP contribution >= 0.6 is 0 Å². The molecule has 0 bridgehead atoms. The second-order valence-electron chi connectivity index (χ2n) is 5.60. The van der Waals surface area contributed by atoms with Crippen molar-refractivity contribution in [2.24, 2.45) is 0 Å². The van der Waals surface area contributed by atoms with Crippen molar-refractivity contribution in [1.82, 2.24) is 9.78 Å². The highest BCUT2D eigenvalue weighted by Crippen LogP contribution is 2.26. The van der Waals surface area contributed by atoms with Crippen LogP contribution in [0.25, 0.3) is 10.9 Å². The highest BCUT2D eigenvalue weighted by atomic mass is 16.5. The molecule has 0 atom stereocenters. The van der Waals surface area contributed by atoms with Gasteiger partial charge >= 0.3 is 0 Å². The molecule has 0 fully saturated rings. The van der Waals surface area contributed by atoms with E-state index in [0.29, 0.717) is 18.7 Å². The normalized spacial score (nSPS) is 13.6. The summed E-state index contributed by atoms with van der Waals surface area (Å²) in [5.41, 5.74) is 2.40. The molecule has 0 spiro atoms. The van der Waals surface area contributed by atoms with Crippen LogP contribution in [0.5, 0.6) is 5.75 Å². The highest BCUT2D eigenvalue weighted by molar-refractivity contribution is 6.07. The minimum atomic E-state index is 0.0192. The summed E-state index contributed by atoms with van der Waals surface area (Å²) in [5, 5.41) is 5.36. The van der Waals surface area contributed by atoms with Crippen molar-refractivity contribution in [1.29, 1.82) is 0 Å². The third-order valence-corrected chi connectivity index (χ3v) is 3.96. The van der Waals surface area contributed by atoms with Gasteiger partial charge in [0.2, 0.25) is 0 Å². The van der Waals surface area contributed by atoms with Gasteiger partial charge in [0.15, 0.2) is 5.78 Å². The first-order valence-electron chi connectivity index (χ1n) is 7.94. The van der Waals surface area contributed by atoms with Gasteiger partial charge in [-0.3, -0.25) is 9.48 Å². The van der Waals surface area contributed by atoms with Crippen molar-refractivity contribution in [3.05, 3.63) is 72.5 Å². The van der Waals surface area contributed by atoms with E-state index in [0.717, 1.165) is 28.6 Å². The monoisotopic (exact) mass is 320 g/mol. The van der Waals surface area contributed by atoms with Crippen LogP contribution in [0.4, 0.5) is 0 Å².